The fourth-order valence-electron chi connectivity index (χ4n) is 2.04. The SMILES string of the molecule is CC=C(Cc1cc2ccccc2n1C)C(N)=O. The molecule has 1 aromatic carbocycles. The van der Waals surface area contributed by atoms with E-state index in [-0.39, 0.29) is 5.91 Å². The van der Waals surface area contributed by atoms with E-state index in [0.29, 0.717) is 12.0 Å². The summed E-state index contributed by atoms with van der Waals surface area (Å²) in [4.78, 5) is 11.2. The van der Waals surface area contributed by atoms with E-state index in [1.807, 2.05) is 26.1 Å². The van der Waals surface area contributed by atoms with Crippen LogP contribution in [0.15, 0.2) is 42.0 Å². The quantitative estimate of drug-likeness (QED) is 0.804. The summed E-state index contributed by atoms with van der Waals surface area (Å²) in [5.41, 5.74) is 8.24. The second kappa shape index (κ2) is 4.45. The number of allylic oxidation sites excluding steroid dienone is 1. The molecule has 88 valence electrons. The summed E-state index contributed by atoms with van der Waals surface area (Å²) < 4.78 is 2.10. The van der Waals surface area contributed by atoms with Crippen molar-refractivity contribution in [2.75, 3.05) is 0 Å². The highest BCUT2D eigenvalue weighted by molar-refractivity contribution is 5.92. The predicted molar refractivity (Wildman–Crippen MR) is 69.6 cm³/mol. The van der Waals surface area contributed by atoms with E-state index >= 15 is 0 Å². The van der Waals surface area contributed by atoms with Crippen LogP contribution in [0.2, 0.25) is 0 Å². The molecule has 3 nitrogen and oxygen atoms in total. The van der Waals surface area contributed by atoms with Crippen LogP contribution in [-0.4, -0.2) is 10.5 Å². The smallest absolute Gasteiger partial charge is 0.244 e. The van der Waals surface area contributed by atoms with Crippen molar-refractivity contribution in [2.24, 2.45) is 12.8 Å². The van der Waals surface area contributed by atoms with Crippen molar-refractivity contribution < 1.29 is 4.79 Å². The van der Waals surface area contributed by atoms with Gasteiger partial charge in [-0.3, -0.25) is 4.79 Å². The van der Waals surface area contributed by atoms with Gasteiger partial charge in [-0.2, -0.15) is 0 Å². The summed E-state index contributed by atoms with van der Waals surface area (Å²) in [5.74, 6) is -0.349. The third-order valence-corrected chi connectivity index (χ3v) is 3.09. The molecule has 0 radical (unpaired) electrons. The largest absolute Gasteiger partial charge is 0.366 e. The number of primary amides is 1. The molecule has 0 spiro atoms. The lowest BCUT2D eigenvalue weighted by atomic mass is 10.1. The molecule has 2 N–H and O–H groups in total. The number of benzene rings is 1. The first-order valence-corrected chi connectivity index (χ1v) is 5.62. The number of amides is 1. The van der Waals surface area contributed by atoms with Crippen molar-refractivity contribution in [2.45, 2.75) is 13.3 Å². The zero-order chi connectivity index (χ0) is 12.4. The molecule has 1 amide bonds. The summed E-state index contributed by atoms with van der Waals surface area (Å²) in [7, 11) is 2.01. The van der Waals surface area contributed by atoms with Gasteiger partial charge in [0.25, 0.3) is 0 Å². The highest BCUT2D eigenvalue weighted by atomic mass is 16.1. The van der Waals surface area contributed by atoms with Gasteiger partial charge in [-0.25, -0.2) is 0 Å². The number of fused-ring (bicyclic) bond motifs is 1. The van der Waals surface area contributed by atoms with Crippen LogP contribution in [0.4, 0.5) is 0 Å². The molecule has 0 bridgehead atoms. The minimum Gasteiger partial charge on any atom is -0.366 e. The van der Waals surface area contributed by atoms with Crippen LogP contribution in [0.3, 0.4) is 0 Å². The topological polar surface area (TPSA) is 48.0 Å². The number of hydrogen-bond donors (Lipinski definition) is 1. The number of nitrogens with two attached hydrogens (primary N) is 1. The summed E-state index contributed by atoms with van der Waals surface area (Å²) in [5, 5.41) is 1.19. The Bertz CT molecular complexity index is 593. The van der Waals surface area contributed by atoms with E-state index in [1.54, 1.807) is 6.08 Å². The van der Waals surface area contributed by atoms with E-state index in [4.69, 9.17) is 5.73 Å². The Kier molecular flexibility index (Phi) is 3.00. The highest BCUT2D eigenvalue weighted by Gasteiger charge is 2.10. The van der Waals surface area contributed by atoms with Gasteiger partial charge in [0.1, 0.15) is 0 Å². The van der Waals surface area contributed by atoms with Crippen molar-refractivity contribution in [3.05, 3.63) is 47.7 Å². The molecule has 0 fully saturated rings. The molecule has 0 atom stereocenters. The van der Waals surface area contributed by atoms with Gasteiger partial charge in [-0.1, -0.05) is 24.3 Å². The second-order valence-electron chi connectivity index (χ2n) is 4.11. The normalized spacial score (nSPS) is 12.0. The van der Waals surface area contributed by atoms with E-state index in [2.05, 4.69) is 22.8 Å². The number of carbonyl (C=O) groups excluding carboxylic acids is 1. The Morgan fingerprint density at radius 2 is 2.12 bits per heavy atom. The van der Waals surface area contributed by atoms with Crippen molar-refractivity contribution in [1.82, 2.24) is 4.57 Å². The van der Waals surface area contributed by atoms with Crippen LogP contribution < -0.4 is 5.73 Å². The maximum Gasteiger partial charge on any atom is 0.244 e. The average Bonchev–Trinajstić information content (AvgIpc) is 2.63. The van der Waals surface area contributed by atoms with Crippen LogP contribution in [-0.2, 0) is 18.3 Å². The van der Waals surface area contributed by atoms with Gasteiger partial charge in [-0.05, 0) is 24.4 Å². The van der Waals surface area contributed by atoms with Gasteiger partial charge >= 0.3 is 0 Å². The molecule has 3 heteroatoms. The molecule has 2 rings (SSSR count). The molecular formula is C14H16N2O. The first-order valence-electron chi connectivity index (χ1n) is 5.62. The number of carbonyl (C=O) groups is 1. The molecule has 1 heterocycles. The minimum atomic E-state index is -0.349. The first kappa shape index (κ1) is 11.5. The van der Waals surface area contributed by atoms with Gasteiger partial charge in [0.05, 0.1) is 0 Å². The molecule has 0 aliphatic rings. The van der Waals surface area contributed by atoms with Gasteiger partial charge in [-0.15, -0.1) is 0 Å². The molecule has 17 heavy (non-hydrogen) atoms. The highest BCUT2D eigenvalue weighted by Crippen LogP contribution is 2.20. The number of aryl methyl sites for hydroxylation is 1. The number of rotatable bonds is 3. The van der Waals surface area contributed by atoms with Gasteiger partial charge in [0.15, 0.2) is 0 Å². The van der Waals surface area contributed by atoms with Crippen molar-refractivity contribution >= 4 is 16.8 Å². The van der Waals surface area contributed by atoms with Crippen molar-refractivity contribution in [3.63, 3.8) is 0 Å². The lowest BCUT2D eigenvalue weighted by molar-refractivity contribution is -0.114. The molecule has 0 aliphatic heterocycles. The van der Waals surface area contributed by atoms with E-state index in [9.17, 15) is 4.79 Å². The lowest BCUT2D eigenvalue weighted by Crippen LogP contribution is -2.16. The van der Waals surface area contributed by atoms with Crippen LogP contribution in [0.5, 0.6) is 0 Å². The molecule has 0 aliphatic carbocycles. The first-order chi connectivity index (χ1) is 8.13. The van der Waals surface area contributed by atoms with Crippen LogP contribution in [0, 0.1) is 0 Å². The maximum atomic E-state index is 11.2. The van der Waals surface area contributed by atoms with Crippen molar-refractivity contribution in [1.29, 1.82) is 0 Å². The number of hydrogen-bond acceptors (Lipinski definition) is 1. The zero-order valence-corrected chi connectivity index (χ0v) is 10.1. The van der Waals surface area contributed by atoms with Gasteiger partial charge in [0.2, 0.25) is 5.91 Å². The van der Waals surface area contributed by atoms with Crippen LogP contribution in [0.25, 0.3) is 10.9 Å². The summed E-state index contributed by atoms with van der Waals surface area (Å²) in [6.45, 7) is 1.84. The fourth-order valence-corrected chi connectivity index (χ4v) is 2.04. The van der Waals surface area contributed by atoms with Crippen LogP contribution in [0.1, 0.15) is 12.6 Å². The molecule has 0 saturated carbocycles. The Morgan fingerprint density at radius 1 is 1.41 bits per heavy atom. The third kappa shape index (κ3) is 2.09. The third-order valence-electron chi connectivity index (χ3n) is 3.09. The average molecular weight is 228 g/mol. The Labute approximate surface area is 101 Å². The van der Waals surface area contributed by atoms with E-state index < -0.39 is 0 Å². The second-order valence-corrected chi connectivity index (χ2v) is 4.11. The number of nitrogens with zero attached hydrogens (tertiary/aromatic N) is 1. The predicted octanol–water partition coefficient (Wildman–Crippen LogP) is 2.15. The molecule has 2 aromatic rings. The zero-order valence-electron chi connectivity index (χ0n) is 10.1. The van der Waals surface area contributed by atoms with Gasteiger partial charge < -0.3 is 10.3 Å². The summed E-state index contributed by atoms with van der Waals surface area (Å²) in [6, 6.07) is 10.3. The summed E-state index contributed by atoms with van der Waals surface area (Å²) in [6.07, 6.45) is 2.36. The standard InChI is InChI=1S/C14H16N2O/c1-3-10(14(15)17)8-12-9-11-6-4-5-7-13(11)16(12)2/h3-7,9H,8H2,1-2H3,(H2,15,17). The minimum absolute atomic E-state index is 0.349. The number of aromatic nitrogens is 1. The Balaban J connectivity index is 2.43. The Morgan fingerprint density at radius 3 is 2.71 bits per heavy atom. The molecule has 0 saturated heterocycles. The maximum absolute atomic E-state index is 11.2. The monoisotopic (exact) mass is 228 g/mol. The number of para-hydroxylation sites is 1. The molecular weight excluding hydrogens is 212 g/mol. The van der Waals surface area contributed by atoms with Crippen molar-refractivity contribution in [3.8, 4) is 0 Å². The lowest BCUT2D eigenvalue weighted by Gasteiger charge is -2.05. The van der Waals surface area contributed by atoms with Gasteiger partial charge in [0, 0.05) is 30.3 Å². The molecule has 0 unspecified atom stereocenters. The van der Waals surface area contributed by atoms with E-state index in [1.165, 1.54) is 10.9 Å². The Hall–Kier alpha value is -2.03. The van der Waals surface area contributed by atoms with Crippen LogP contribution >= 0.6 is 0 Å². The molecule has 1 aromatic heterocycles. The van der Waals surface area contributed by atoms with E-state index in [0.717, 1.165) is 5.69 Å². The fraction of sp³-hybridized carbons (Fsp3) is 0.214. The summed E-state index contributed by atoms with van der Waals surface area (Å²) >= 11 is 0.